The van der Waals surface area contributed by atoms with Crippen LogP contribution in [0.1, 0.15) is 50.3 Å². The van der Waals surface area contributed by atoms with Gasteiger partial charge in [-0.1, -0.05) is 30.3 Å². The van der Waals surface area contributed by atoms with Gasteiger partial charge in [-0.2, -0.15) is 0 Å². The molecule has 9 heteroatoms. The van der Waals surface area contributed by atoms with Crippen molar-refractivity contribution < 1.29 is 14.5 Å². The van der Waals surface area contributed by atoms with E-state index in [1.165, 1.54) is 17.0 Å². The number of fused-ring (bicyclic) bond motifs is 1. The Balaban J connectivity index is 1.29. The second-order valence-corrected chi connectivity index (χ2v) is 11.2. The summed E-state index contributed by atoms with van der Waals surface area (Å²) in [6.45, 7) is 0.758. The van der Waals surface area contributed by atoms with E-state index in [-0.39, 0.29) is 18.2 Å². The molecule has 1 aliphatic rings. The number of amides is 1. The topological polar surface area (TPSA) is 93.8 Å². The molecule has 198 valence electrons. The van der Waals surface area contributed by atoms with Crippen LogP contribution in [-0.4, -0.2) is 17.0 Å². The van der Waals surface area contributed by atoms with Crippen molar-refractivity contribution in [2.24, 2.45) is 4.99 Å². The van der Waals surface area contributed by atoms with Crippen molar-refractivity contribution in [2.75, 3.05) is 0 Å². The number of halogens is 1. The summed E-state index contributed by atoms with van der Waals surface area (Å²) in [6, 6.07) is 21.9. The smallest absolute Gasteiger partial charge is 0.269 e. The molecule has 1 aromatic heterocycles. The van der Waals surface area contributed by atoms with Crippen LogP contribution in [0.3, 0.4) is 0 Å². The molecule has 0 saturated heterocycles. The molecule has 0 aliphatic heterocycles. The number of nitro groups is 1. The number of hydrogen-bond donors (Lipinski definition) is 1. The Morgan fingerprint density at radius 1 is 1.05 bits per heavy atom. The molecule has 0 fully saturated rings. The molecular formula is C30H26BrN3O4S. The van der Waals surface area contributed by atoms with E-state index in [4.69, 9.17) is 9.73 Å². The van der Waals surface area contributed by atoms with E-state index in [2.05, 4.69) is 21.2 Å². The lowest BCUT2D eigenvalue weighted by Gasteiger charge is -2.13. The molecule has 5 rings (SSSR count). The van der Waals surface area contributed by atoms with E-state index in [1.807, 2.05) is 48.5 Å². The average Bonchev–Trinajstić information content (AvgIpc) is 3.33. The van der Waals surface area contributed by atoms with Gasteiger partial charge in [0.05, 0.1) is 15.0 Å². The number of thiophene rings is 1. The number of nitrogens with zero attached hydrogens (tertiary/aromatic N) is 2. The SMILES string of the molecule is O=C(NCc1ccccc1)c1c(N=Cc2ccc(OCc3ccc([N+](=O)[O-])cc3)c(Br)c2)sc2c1CCCC2. The molecule has 3 aromatic carbocycles. The van der Waals surface area contributed by atoms with Gasteiger partial charge >= 0.3 is 0 Å². The molecule has 39 heavy (non-hydrogen) atoms. The second kappa shape index (κ2) is 12.4. The molecule has 1 amide bonds. The average molecular weight is 605 g/mol. The fraction of sp³-hybridized carbons (Fsp3) is 0.200. The molecule has 0 spiro atoms. The number of carbonyl (C=O) groups is 1. The molecule has 0 saturated carbocycles. The molecule has 0 unspecified atom stereocenters. The fourth-order valence-electron chi connectivity index (χ4n) is 4.47. The Bertz CT molecular complexity index is 1520. The first-order valence-electron chi connectivity index (χ1n) is 12.6. The highest BCUT2D eigenvalue weighted by Crippen LogP contribution is 2.40. The number of non-ortho nitro benzene ring substituents is 1. The Kier molecular flexibility index (Phi) is 8.48. The van der Waals surface area contributed by atoms with Crippen LogP contribution in [0.5, 0.6) is 5.75 Å². The third kappa shape index (κ3) is 6.61. The van der Waals surface area contributed by atoms with Crippen LogP contribution < -0.4 is 10.1 Å². The zero-order chi connectivity index (χ0) is 27.2. The lowest BCUT2D eigenvalue weighted by molar-refractivity contribution is -0.384. The van der Waals surface area contributed by atoms with Gasteiger partial charge in [-0.15, -0.1) is 11.3 Å². The maximum atomic E-state index is 13.3. The number of nitro benzene ring substituents is 1. The lowest BCUT2D eigenvalue weighted by Crippen LogP contribution is -2.24. The van der Waals surface area contributed by atoms with Gasteiger partial charge in [-0.05, 0) is 94.2 Å². The van der Waals surface area contributed by atoms with Crippen LogP contribution in [0.15, 0.2) is 82.3 Å². The van der Waals surface area contributed by atoms with Crippen molar-refractivity contribution in [1.29, 1.82) is 0 Å². The van der Waals surface area contributed by atoms with Gasteiger partial charge in [0, 0.05) is 29.8 Å². The van der Waals surface area contributed by atoms with Crippen LogP contribution in [0, 0.1) is 10.1 Å². The summed E-state index contributed by atoms with van der Waals surface area (Å²) in [5.74, 6) is 0.569. The number of hydrogen-bond acceptors (Lipinski definition) is 6. The Morgan fingerprint density at radius 3 is 2.56 bits per heavy atom. The van der Waals surface area contributed by atoms with E-state index in [1.54, 1.807) is 29.7 Å². The number of nitrogens with one attached hydrogen (secondary N) is 1. The summed E-state index contributed by atoms with van der Waals surface area (Å²) in [6.07, 6.45) is 5.88. The van der Waals surface area contributed by atoms with Gasteiger partial charge in [0.1, 0.15) is 17.4 Å². The second-order valence-electron chi connectivity index (χ2n) is 9.22. The van der Waals surface area contributed by atoms with Gasteiger partial charge < -0.3 is 10.1 Å². The number of benzene rings is 3. The highest BCUT2D eigenvalue weighted by Gasteiger charge is 2.25. The third-order valence-electron chi connectivity index (χ3n) is 6.50. The van der Waals surface area contributed by atoms with E-state index >= 15 is 0 Å². The van der Waals surface area contributed by atoms with Crippen LogP contribution in [0.2, 0.25) is 0 Å². The van der Waals surface area contributed by atoms with Gasteiger partial charge in [0.25, 0.3) is 11.6 Å². The number of aryl methyl sites for hydroxylation is 1. The molecule has 1 aliphatic carbocycles. The van der Waals surface area contributed by atoms with Crippen molar-refractivity contribution in [3.05, 3.63) is 120 Å². The molecule has 0 radical (unpaired) electrons. The summed E-state index contributed by atoms with van der Waals surface area (Å²) in [5, 5.41) is 14.7. The van der Waals surface area contributed by atoms with Crippen molar-refractivity contribution in [2.45, 2.75) is 38.8 Å². The van der Waals surface area contributed by atoms with Crippen molar-refractivity contribution in [3.63, 3.8) is 0 Å². The van der Waals surface area contributed by atoms with Gasteiger partial charge in [-0.3, -0.25) is 14.9 Å². The number of ether oxygens (including phenoxy) is 1. The maximum absolute atomic E-state index is 13.3. The van der Waals surface area contributed by atoms with E-state index < -0.39 is 4.92 Å². The Labute approximate surface area is 238 Å². The highest BCUT2D eigenvalue weighted by atomic mass is 79.9. The summed E-state index contributed by atoms with van der Waals surface area (Å²) >= 11 is 5.18. The summed E-state index contributed by atoms with van der Waals surface area (Å²) < 4.78 is 6.66. The first-order valence-corrected chi connectivity index (χ1v) is 14.3. The minimum atomic E-state index is -0.424. The van der Waals surface area contributed by atoms with Gasteiger partial charge in [0.2, 0.25) is 0 Å². The van der Waals surface area contributed by atoms with Crippen LogP contribution in [-0.2, 0) is 26.0 Å². The van der Waals surface area contributed by atoms with E-state index in [0.717, 1.165) is 57.4 Å². The quantitative estimate of drug-likeness (QED) is 0.121. The zero-order valence-corrected chi connectivity index (χ0v) is 23.5. The zero-order valence-electron chi connectivity index (χ0n) is 21.1. The fourth-order valence-corrected chi connectivity index (χ4v) is 6.21. The summed E-state index contributed by atoms with van der Waals surface area (Å²) in [5.41, 5.74) is 4.64. The van der Waals surface area contributed by atoms with Crippen LogP contribution >= 0.6 is 27.3 Å². The minimum Gasteiger partial charge on any atom is -0.488 e. The Hall–Kier alpha value is -3.82. The monoisotopic (exact) mass is 603 g/mol. The van der Waals surface area contributed by atoms with Gasteiger partial charge in [-0.25, -0.2) is 4.99 Å². The molecule has 1 heterocycles. The highest BCUT2D eigenvalue weighted by molar-refractivity contribution is 9.10. The van der Waals surface area contributed by atoms with Crippen LogP contribution in [0.25, 0.3) is 0 Å². The summed E-state index contributed by atoms with van der Waals surface area (Å²) in [7, 11) is 0. The van der Waals surface area contributed by atoms with E-state index in [0.29, 0.717) is 17.9 Å². The molecular weight excluding hydrogens is 578 g/mol. The molecule has 7 nitrogen and oxygen atoms in total. The first kappa shape index (κ1) is 26.8. The number of aliphatic imine (C=N–C) groups is 1. The standard InChI is InChI=1S/C30H26BrN3O4S/c31-25-16-22(12-15-26(25)38-19-21-10-13-23(14-11-21)34(36)37)18-33-30-28(24-8-4-5-9-27(24)39-30)29(35)32-17-20-6-2-1-3-7-20/h1-3,6-7,10-16,18H,4-5,8-9,17,19H2,(H,32,35). The number of rotatable bonds is 9. The molecule has 0 atom stereocenters. The van der Waals surface area contributed by atoms with Crippen LogP contribution in [0.4, 0.5) is 10.7 Å². The first-order chi connectivity index (χ1) is 19.0. The molecule has 4 aromatic rings. The molecule has 1 N–H and O–H groups in total. The summed E-state index contributed by atoms with van der Waals surface area (Å²) in [4.78, 5) is 29.7. The third-order valence-corrected chi connectivity index (χ3v) is 8.32. The van der Waals surface area contributed by atoms with Gasteiger partial charge in [0.15, 0.2) is 0 Å². The maximum Gasteiger partial charge on any atom is 0.269 e. The van der Waals surface area contributed by atoms with E-state index in [9.17, 15) is 14.9 Å². The normalized spacial score (nSPS) is 12.7. The lowest BCUT2D eigenvalue weighted by atomic mass is 9.95. The molecule has 0 bridgehead atoms. The predicted molar refractivity (Wildman–Crippen MR) is 157 cm³/mol. The van der Waals surface area contributed by atoms with Crippen molar-refractivity contribution >= 4 is 50.1 Å². The largest absolute Gasteiger partial charge is 0.488 e. The number of carbonyl (C=O) groups excluding carboxylic acids is 1. The predicted octanol–water partition coefficient (Wildman–Crippen LogP) is 7.56. The van der Waals surface area contributed by atoms with Crippen molar-refractivity contribution in [3.8, 4) is 5.75 Å². The van der Waals surface area contributed by atoms with Crippen molar-refractivity contribution in [1.82, 2.24) is 5.32 Å². The Morgan fingerprint density at radius 2 is 1.82 bits per heavy atom. The minimum absolute atomic E-state index is 0.0481.